The molecule has 0 amide bonds. The van der Waals surface area contributed by atoms with E-state index in [0.29, 0.717) is 0 Å². The van der Waals surface area contributed by atoms with E-state index in [1.165, 1.54) is 0 Å². The molecule has 0 radical (unpaired) electrons. The Morgan fingerprint density at radius 1 is 1.46 bits per heavy atom. The van der Waals surface area contributed by atoms with Crippen molar-refractivity contribution >= 4 is 11.3 Å². The fourth-order valence-electron chi connectivity index (χ4n) is 1.19. The van der Waals surface area contributed by atoms with Crippen molar-refractivity contribution in [1.82, 2.24) is 4.72 Å². The van der Waals surface area contributed by atoms with E-state index in [1.54, 1.807) is 0 Å². The second kappa shape index (κ2) is 5.11. The summed E-state index contributed by atoms with van der Waals surface area (Å²) in [7, 11) is 0. The number of hydrogen-bond acceptors (Lipinski definition) is 1. The summed E-state index contributed by atoms with van der Waals surface area (Å²) in [6.45, 7) is 1.97. The summed E-state index contributed by atoms with van der Waals surface area (Å²) in [6.07, 6.45) is 0.788. The van der Waals surface area contributed by atoms with Gasteiger partial charge in [0.15, 0.2) is 0 Å². The highest BCUT2D eigenvalue weighted by molar-refractivity contribution is 7.77. The molecular formula is C9H13NO2S. The van der Waals surface area contributed by atoms with Crippen molar-refractivity contribution in [2.24, 2.45) is 0 Å². The average Bonchev–Trinajstić information content (AvgIpc) is 2.15. The standard InChI is InChI=1S/C9H13NO2S/c1-2-9(10-13(11)12)8-6-4-3-5-7-8/h3-7,9-10H,2H2,1H3,(H,11,12). The van der Waals surface area contributed by atoms with Crippen LogP contribution in [0.4, 0.5) is 0 Å². The Balaban J connectivity index is 2.73. The maximum Gasteiger partial charge on any atom is 0.232 e. The molecule has 0 aliphatic carbocycles. The molecule has 0 aliphatic rings. The van der Waals surface area contributed by atoms with Crippen LogP contribution in [-0.2, 0) is 11.3 Å². The molecule has 0 heterocycles. The van der Waals surface area contributed by atoms with Gasteiger partial charge in [-0.15, -0.1) is 0 Å². The lowest BCUT2D eigenvalue weighted by Crippen LogP contribution is -2.22. The van der Waals surface area contributed by atoms with Gasteiger partial charge in [0.2, 0.25) is 11.3 Å². The molecule has 1 aromatic rings. The van der Waals surface area contributed by atoms with Gasteiger partial charge in [-0.3, -0.25) is 4.55 Å². The van der Waals surface area contributed by atoms with Crippen LogP contribution in [0.5, 0.6) is 0 Å². The molecule has 0 bridgehead atoms. The van der Waals surface area contributed by atoms with Crippen molar-refractivity contribution in [3.05, 3.63) is 35.9 Å². The zero-order valence-electron chi connectivity index (χ0n) is 7.43. The highest BCUT2D eigenvalue weighted by atomic mass is 32.2. The molecule has 3 nitrogen and oxygen atoms in total. The second-order valence-electron chi connectivity index (χ2n) is 2.74. The van der Waals surface area contributed by atoms with Gasteiger partial charge in [0.25, 0.3) is 0 Å². The quantitative estimate of drug-likeness (QED) is 0.727. The Bertz CT molecular complexity index is 276. The number of nitrogens with one attached hydrogen (secondary N) is 1. The molecule has 1 rings (SSSR count). The molecule has 0 spiro atoms. The van der Waals surface area contributed by atoms with Gasteiger partial charge in [-0.2, -0.15) is 0 Å². The first kappa shape index (κ1) is 10.4. The van der Waals surface area contributed by atoms with Crippen LogP contribution in [0.1, 0.15) is 24.9 Å². The Kier molecular flexibility index (Phi) is 4.08. The number of rotatable bonds is 4. The summed E-state index contributed by atoms with van der Waals surface area (Å²) in [5, 5.41) is 0. The van der Waals surface area contributed by atoms with Crippen LogP contribution < -0.4 is 4.72 Å². The van der Waals surface area contributed by atoms with E-state index in [4.69, 9.17) is 4.55 Å². The van der Waals surface area contributed by atoms with Crippen LogP contribution in [0.15, 0.2) is 30.3 Å². The largest absolute Gasteiger partial charge is 0.294 e. The summed E-state index contributed by atoms with van der Waals surface area (Å²) < 4.78 is 21.8. The van der Waals surface area contributed by atoms with E-state index in [0.717, 1.165) is 12.0 Å². The normalized spacial score (nSPS) is 15.2. The zero-order valence-corrected chi connectivity index (χ0v) is 8.25. The predicted molar refractivity (Wildman–Crippen MR) is 53.4 cm³/mol. The number of hydrogen-bond donors (Lipinski definition) is 2. The summed E-state index contributed by atoms with van der Waals surface area (Å²) in [5.74, 6) is 0. The molecule has 0 saturated heterocycles. The van der Waals surface area contributed by atoms with Crippen molar-refractivity contribution in [3.63, 3.8) is 0 Å². The lowest BCUT2D eigenvalue weighted by Gasteiger charge is -2.13. The molecule has 4 heteroatoms. The molecule has 2 N–H and O–H groups in total. The topological polar surface area (TPSA) is 49.3 Å². The summed E-state index contributed by atoms with van der Waals surface area (Å²) >= 11 is -1.95. The van der Waals surface area contributed by atoms with E-state index in [1.807, 2.05) is 37.3 Å². The van der Waals surface area contributed by atoms with Gasteiger partial charge >= 0.3 is 0 Å². The highest BCUT2D eigenvalue weighted by Gasteiger charge is 2.09. The van der Waals surface area contributed by atoms with Crippen LogP contribution in [0, 0.1) is 0 Å². The molecule has 2 atom stereocenters. The third-order valence-corrected chi connectivity index (χ3v) is 2.34. The minimum absolute atomic E-state index is 0.0490. The molecular weight excluding hydrogens is 186 g/mol. The molecule has 0 fully saturated rings. The third kappa shape index (κ3) is 3.26. The predicted octanol–water partition coefficient (Wildman–Crippen LogP) is 1.86. The van der Waals surface area contributed by atoms with Crippen molar-refractivity contribution in [3.8, 4) is 0 Å². The molecule has 72 valence electrons. The first-order valence-electron chi connectivity index (χ1n) is 4.16. The second-order valence-corrected chi connectivity index (χ2v) is 3.47. The van der Waals surface area contributed by atoms with Crippen LogP contribution >= 0.6 is 0 Å². The van der Waals surface area contributed by atoms with Crippen LogP contribution in [0.3, 0.4) is 0 Å². The van der Waals surface area contributed by atoms with Gasteiger partial charge in [-0.05, 0) is 12.0 Å². The van der Waals surface area contributed by atoms with E-state index < -0.39 is 11.3 Å². The Labute approximate surface area is 80.6 Å². The zero-order chi connectivity index (χ0) is 9.68. The van der Waals surface area contributed by atoms with Crippen molar-refractivity contribution in [2.45, 2.75) is 19.4 Å². The van der Waals surface area contributed by atoms with E-state index >= 15 is 0 Å². The molecule has 0 aliphatic heterocycles. The van der Waals surface area contributed by atoms with Gasteiger partial charge in [-0.1, -0.05) is 37.3 Å². The van der Waals surface area contributed by atoms with Crippen molar-refractivity contribution < 1.29 is 8.76 Å². The van der Waals surface area contributed by atoms with Crippen LogP contribution in [-0.4, -0.2) is 8.76 Å². The first-order valence-corrected chi connectivity index (χ1v) is 5.26. The summed E-state index contributed by atoms with van der Waals surface area (Å²) in [6, 6.07) is 9.58. The molecule has 0 aromatic heterocycles. The maximum atomic E-state index is 10.5. The fourth-order valence-corrected chi connectivity index (χ4v) is 1.74. The Morgan fingerprint density at radius 2 is 2.08 bits per heavy atom. The van der Waals surface area contributed by atoms with Crippen molar-refractivity contribution in [2.75, 3.05) is 0 Å². The van der Waals surface area contributed by atoms with Crippen LogP contribution in [0.2, 0.25) is 0 Å². The van der Waals surface area contributed by atoms with E-state index in [9.17, 15) is 4.21 Å². The fraction of sp³-hybridized carbons (Fsp3) is 0.333. The lowest BCUT2D eigenvalue weighted by atomic mass is 10.1. The summed E-state index contributed by atoms with van der Waals surface area (Å²) in [4.78, 5) is 0. The molecule has 2 unspecified atom stereocenters. The maximum absolute atomic E-state index is 10.5. The Hall–Kier alpha value is -0.710. The third-order valence-electron chi connectivity index (χ3n) is 1.85. The van der Waals surface area contributed by atoms with Crippen molar-refractivity contribution in [1.29, 1.82) is 0 Å². The monoisotopic (exact) mass is 199 g/mol. The molecule has 1 aromatic carbocycles. The van der Waals surface area contributed by atoms with E-state index in [2.05, 4.69) is 4.72 Å². The highest BCUT2D eigenvalue weighted by Crippen LogP contribution is 2.15. The minimum atomic E-state index is -1.95. The average molecular weight is 199 g/mol. The van der Waals surface area contributed by atoms with E-state index in [-0.39, 0.29) is 6.04 Å². The Morgan fingerprint density at radius 3 is 2.54 bits per heavy atom. The van der Waals surface area contributed by atoms with Gasteiger partial charge < -0.3 is 0 Å². The van der Waals surface area contributed by atoms with Gasteiger partial charge in [0.05, 0.1) is 0 Å². The van der Waals surface area contributed by atoms with Gasteiger partial charge in [-0.25, -0.2) is 8.93 Å². The SMILES string of the molecule is CCC(NS(=O)O)c1ccccc1. The van der Waals surface area contributed by atoms with Gasteiger partial charge in [0.1, 0.15) is 0 Å². The first-order chi connectivity index (χ1) is 6.24. The minimum Gasteiger partial charge on any atom is -0.294 e. The molecule has 0 saturated carbocycles. The van der Waals surface area contributed by atoms with Crippen LogP contribution in [0.25, 0.3) is 0 Å². The summed E-state index contributed by atoms with van der Waals surface area (Å²) in [5.41, 5.74) is 1.03. The van der Waals surface area contributed by atoms with Gasteiger partial charge in [0, 0.05) is 6.04 Å². The lowest BCUT2D eigenvalue weighted by molar-refractivity contribution is 0.522. The number of benzene rings is 1. The smallest absolute Gasteiger partial charge is 0.232 e. The molecule has 13 heavy (non-hydrogen) atoms.